The van der Waals surface area contributed by atoms with E-state index in [4.69, 9.17) is 4.65 Å². The molecule has 2 aromatic rings. The summed E-state index contributed by atoms with van der Waals surface area (Å²) >= 11 is 0. The third-order valence-electron chi connectivity index (χ3n) is 4.87. The number of benzene rings is 2. The Bertz CT molecular complexity index is 906. The Balaban J connectivity index is 1.63. The van der Waals surface area contributed by atoms with Crippen LogP contribution in [0, 0.1) is 5.82 Å². The lowest BCUT2D eigenvalue weighted by Gasteiger charge is -2.13. The van der Waals surface area contributed by atoms with Crippen molar-refractivity contribution in [2.75, 3.05) is 0 Å². The summed E-state index contributed by atoms with van der Waals surface area (Å²) in [7, 11) is -1.10. The van der Waals surface area contributed by atoms with E-state index < -0.39 is 41.6 Å². The van der Waals surface area contributed by atoms with Gasteiger partial charge in [0, 0.05) is 12.0 Å². The van der Waals surface area contributed by atoms with Crippen molar-refractivity contribution in [2.24, 2.45) is 0 Å². The quantitative estimate of drug-likeness (QED) is 0.518. The third kappa shape index (κ3) is 2.83. The highest BCUT2D eigenvalue weighted by Crippen LogP contribution is 2.51. The first-order chi connectivity index (χ1) is 12.2. The van der Waals surface area contributed by atoms with Gasteiger partial charge >= 0.3 is 13.3 Å². The summed E-state index contributed by atoms with van der Waals surface area (Å²) in [5.41, 5.74) is -0.440. The molecule has 1 aliphatic heterocycles. The first kappa shape index (κ1) is 17.2. The molecule has 0 unspecified atom stereocenters. The van der Waals surface area contributed by atoms with Crippen molar-refractivity contribution in [1.82, 2.24) is 0 Å². The molecule has 1 saturated carbocycles. The maximum absolute atomic E-state index is 13.2. The molecule has 0 atom stereocenters. The van der Waals surface area contributed by atoms with Crippen LogP contribution in [0.4, 0.5) is 17.6 Å². The van der Waals surface area contributed by atoms with Crippen LogP contribution in [-0.4, -0.2) is 17.9 Å². The summed E-state index contributed by atoms with van der Waals surface area (Å²) in [5, 5.41) is 10.0. The fourth-order valence-corrected chi connectivity index (χ4v) is 3.46. The van der Waals surface area contributed by atoms with Crippen LogP contribution in [0.2, 0.25) is 0 Å². The van der Waals surface area contributed by atoms with Crippen LogP contribution in [0.15, 0.2) is 36.4 Å². The Morgan fingerprint density at radius 3 is 2.58 bits per heavy atom. The highest BCUT2D eigenvalue weighted by molar-refractivity contribution is 6.62. The third-order valence-corrected chi connectivity index (χ3v) is 4.87. The van der Waals surface area contributed by atoms with Gasteiger partial charge in [-0.15, -0.1) is 0 Å². The van der Waals surface area contributed by atoms with Gasteiger partial charge in [-0.05, 0) is 47.6 Å². The zero-order valence-corrected chi connectivity index (χ0v) is 13.4. The van der Waals surface area contributed by atoms with Crippen LogP contribution in [0.25, 0.3) is 0 Å². The molecule has 3 nitrogen and oxygen atoms in total. The van der Waals surface area contributed by atoms with Crippen molar-refractivity contribution in [3.63, 3.8) is 0 Å². The monoisotopic (exact) mass is 364 g/mol. The Kier molecular flexibility index (Phi) is 3.75. The van der Waals surface area contributed by atoms with E-state index in [1.807, 2.05) is 0 Å². The average molecular weight is 364 g/mol. The largest absolute Gasteiger partial charge is 0.492 e. The number of Topliss-reactive ketones (excluding diaryl/α,β-unsaturated/α-hetero) is 1. The molecular weight excluding hydrogens is 351 g/mol. The second-order valence-corrected chi connectivity index (χ2v) is 6.67. The van der Waals surface area contributed by atoms with Crippen molar-refractivity contribution in [3.05, 3.63) is 64.5 Å². The fourth-order valence-electron chi connectivity index (χ4n) is 3.46. The summed E-state index contributed by atoms with van der Waals surface area (Å²) in [5.74, 6) is -1.83. The summed E-state index contributed by atoms with van der Waals surface area (Å²) in [6.07, 6.45) is -3.51. The summed E-state index contributed by atoms with van der Waals surface area (Å²) in [6.45, 7) is 0. The molecule has 1 heterocycles. The second kappa shape index (κ2) is 5.66. The number of hydrogen-bond acceptors (Lipinski definition) is 3. The molecule has 1 spiro atoms. The van der Waals surface area contributed by atoms with E-state index >= 15 is 0 Å². The summed E-state index contributed by atoms with van der Waals surface area (Å²) in [6, 6.07) is 6.99. The predicted octanol–water partition coefficient (Wildman–Crippen LogP) is 2.98. The van der Waals surface area contributed by atoms with E-state index in [-0.39, 0.29) is 6.42 Å². The van der Waals surface area contributed by atoms with E-state index in [1.54, 1.807) is 18.2 Å². The number of carbonyl (C=O) groups excluding carboxylic acids is 1. The van der Waals surface area contributed by atoms with Gasteiger partial charge in [0.15, 0.2) is 5.78 Å². The van der Waals surface area contributed by atoms with Gasteiger partial charge < -0.3 is 9.68 Å². The van der Waals surface area contributed by atoms with Crippen molar-refractivity contribution in [2.45, 2.75) is 31.0 Å². The van der Waals surface area contributed by atoms with Crippen molar-refractivity contribution < 1.29 is 32.0 Å². The number of ketones is 1. The Morgan fingerprint density at radius 1 is 1.19 bits per heavy atom. The Labute approximate surface area is 146 Å². The van der Waals surface area contributed by atoms with E-state index in [2.05, 4.69) is 0 Å². The average Bonchev–Trinajstić information content (AvgIpc) is 3.28. The van der Waals surface area contributed by atoms with Crippen LogP contribution in [0.3, 0.4) is 0 Å². The molecule has 0 bridgehead atoms. The lowest BCUT2D eigenvalue weighted by atomic mass is 9.77. The standard InChI is InChI=1S/C18H13BF4O3/c20-11-2-3-12(14(9-11)18(21,22)23)16(24)8-10-1-4-13-15(7-10)19(25)26-17(13)5-6-17/h1-4,7,9,25H,5-6,8H2. The van der Waals surface area contributed by atoms with Crippen molar-refractivity contribution >= 4 is 18.4 Å². The summed E-state index contributed by atoms with van der Waals surface area (Å²) < 4.78 is 58.0. The van der Waals surface area contributed by atoms with Gasteiger partial charge in [0.25, 0.3) is 0 Å². The first-order valence-corrected chi connectivity index (χ1v) is 8.09. The lowest BCUT2D eigenvalue weighted by Crippen LogP contribution is -2.28. The minimum absolute atomic E-state index is 0.290. The Hall–Kier alpha value is -2.19. The molecule has 0 aromatic heterocycles. The molecule has 0 amide bonds. The molecule has 26 heavy (non-hydrogen) atoms. The van der Waals surface area contributed by atoms with Gasteiger partial charge in [-0.1, -0.05) is 18.2 Å². The van der Waals surface area contributed by atoms with Crippen LogP contribution in [0.1, 0.15) is 39.9 Å². The first-order valence-electron chi connectivity index (χ1n) is 8.09. The predicted molar refractivity (Wildman–Crippen MR) is 85.5 cm³/mol. The van der Waals surface area contributed by atoms with Gasteiger partial charge in [0.05, 0.1) is 11.2 Å². The number of alkyl halides is 3. The molecule has 1 N–H and O–H groups in total. The molecule has 2 aliphatic rings. The number of fused-ring (bicyclic) bond motifs is 2. The number of carbonyl (C=O) groups is 1. The van der Waals surface area contributed by atoms with Crippen LogP contribution in [-0.2, 0) is 22.9 Å². The van der Waals surface area contributed by atoms with E-state index in [1.165, 1.54) is 0 Å². The molecular formula is C18H13BF4O3. The Morgan fingerprint density at radius 2 is 1.92 bits per heavy atom. The summed E-state index contributed by atoms with van der Waals surface area (Å²) in [4.78, 5) is 12.4. The smallest absolute Gasteiger partial charge is 0.423 e. The van der Waals surface area contributed by atoms with E-state index in [0.717, 1.165) is 30.5 Å². The van der Waals surface area contributed by atoms with Crippen LogP contribution >= 0.6 is 0 Å². The van der Waals surface area contributed by atoms with Crippen LogP contribution < -0.4 is 5.46 Å². The molecule has 1 fully saturated rings. The SMILES string of the molecule is O=C(Cc1ccc2c(c1)B(O)OC21CC1)c1ccc(F)cc1C(F)(F)F. The van der Waals surface area contributed by atoms with Crippen molar-refractivity contribution in [1.29, 1.82) is 0 Å². The molecule has 134 valence electrons. The van der Waals surface area contributed by atoms with Crippen LogP contribution in [0.5, 0.6) is 0 Å². The molecule has 8 heteroatoms. The van der Waals surface area contributed by atoms with Gasteiger partial charge in [-0.3, -0.25) is 4.79 Å². The number of hydrogen-bond donors (Lipinski definition) is 1. The maximum atomic E-state index is 13.2. The topological polar surface area (TPSA) is 46.5 Å². The molecule has 0 saturated heterocycles. The van der Waals surface area contributed by atoms with E-state index in [9.17, 15) is 27.4 Å². The fraction of sp³-hybridized carbons (Fsp3) is 0.278. The molecule has 0 radical (unpaired) electrons. The molecule has 1 aliphatic carbocycles. The normalized spacial score (nSPS) is 17.5. The molecule has 2 aromatic carbocycles. The number of rotatable bonds is 3. The van der Waals surface area contributed by atoms with E-state index in [0.29, 0.717) is 17.1 Å². The number of halogens is 4. The minimum atomic E-state index is -4.83. The highest BCUT2D eigenvalue weighted by Gasteiger charge is 2.55. The second-order valence-electron chi connectivity index (χ2n) is 6.67. The van der Waals surface area contributed by atoms with Gasteiger partial charge in [-0.25, -0.2) is 4.39 Å². The van der Waals surface area contributed by atoms with Gasteiger partial charge in [0.2, 0.25) is 0 Å². The lowest BCUT2D eigenvalue weighted by molar-refractivity contribution is -0.138. The zero-order valence-electron chi connectivity index (χ0n) is 13.4. The van der Waals surface area contributed by atoms with Crippen molar-refractivity contribution in [3.8, 4) is 0 Å². The molecule has 4 rings (SSSR count). The zero-order chi connectivity index (χ0) is 18.7. The van der Waals surface area contributed by atoms with Gasteiger partial charge in [-0.2, -0.15) is 13.2 Å². The maximum Gasteiger partial charge on any atom is 0.492 e. The minimum Gasteiger partial charge on any atom is -0.423 e. The highest BCUT2D eigenvalue weighted by atomic mass is 19.4. The van der Waals surface area contributed by atoms with Gasteiger partial charge in [0.1, 0.15) is 5.82 Å².